The highest BCUT2D eigenvalue weighted by atomic mass is 16.5. The molecule has 1 rings (SSSR count). The summed E-state index contributed by atoms with van der Waals surface area (Å²) in [5.74, 6) is -0.334. The molecular formula is C10H15NO3. The van der Waals surface area contributed by atoms with Crippen LogP contribution < -0.4 is 5.32 Å². The summed E-state index contributed by atoms with van der Waals surface area (Å²) in [6.45, 7) is 6.94. The van der Waals surface area contributed by atoms with Crippen molar-refractivity contribution < 1.29 is 14.3 Å². The fraction of sp³-hybridized carbons (Fsp3) is 0.600. The van der Waals surface area contributed by atoms with Crippen molar-refractivity contribution >= 4 is 11.9 Å². The molecule has 4 nitrogen and oxygen atoms in total. The third-order valence-electron chi connectivity index (χ3n) is 2.19. The maximum Gasteiger partial charge on any atom is 0.302 e. The molecule has 1 aliphatic heterocycles. The topological polar surface area (TPSA) is 55.4 Å². The maximum absolute atomic E-state index is 11.1. The van der Waals surface area contributed by atoms with Crippen LogP contribution in [0.15, 0.2) is 12.2 Å². The van der Waals surface area contributed by atoms with Gasteiger partial charge in [0.25, 0.3) is 0 Å². The Balaban J connectivity index is 2.67. The molecule has 0 spiro atoms. The SMILES string of the molecule is C=C(C)C1NC(=O)CCC1OC(C)=O. The summed E-state index contributed by atoms with van der Waals surface area (Å²) in [7, 11) is 0. The molecule has 0 aromatic carbocycles. The molecule has 0 radical (unpaired) electrons. The van der Waals surface area contributed by atoms with Gasteiger partial charge in [0.05, 0.1) is 6.04 Å². The summed E-state index contributed by atoms with van der Waals surface area (Å²) in [6.07, 6.45) is 0.715. The molecule has 78 valence electrons. The molecule has 2 unspecified atom stereocenters. The summed E-state index contributed by atoms with van der Waals surface area (Å²) >= 11 is 0. The van der Waals surface area contributed by atoms with Crippen LogP contribution in [-0.4, -0.2) is 24.0 Å². The van der Waals surface area contributed by atoms with Crippen LogP contribution >= 0.6 is 0 Å². The molecule has 2 atom stereocenters. The van der Waals surface area contributed by atoms with Crippen molar-refractivity contribution in [1.82, 2.24) is 5.32 Å². The number of hydrogen-bond donors (Lipinski definition) is 1. The first kappa shape index (κ1) is 10.8. The van der Waals surface area contributed by atoms with Crippen LogP contribution in [0.2, 0.25) is 0 Å². The molecule has 0 saturated carbocycles. The van der Waals surface area contributed by atoms with Crippen molar-refractivity contribution in [3.63, 3.8) is 0 Å². The Labute approximate surface area is 83.3 Å². The molecule has 0 aromatic heterocycles. The van der Waals surface area contributed by atoms with Crippen molar-refractivity contribution in [2.24, 2.45) is 0 Å². The van der Waals surface area contributed by atoms with E-state index in [0.29, 0.717) is 12.8 Å². The number of piperidine rings is 1. The summed E-state index contributed by atoms with van der Waals surface area (Å²) < 4.78 is 5.10. The highest BCUT2D eigenvalue weighted by Gasteiger charge is 2.31. The van der Waals surface area contributed by atoms with Gasteiger partial charge in [-0.25, -0.2) is 0 Å². The van der Waals surface area contributed by atoms with Gasteiger partial charge in [-0.3, -0.25) is 9.59 Å². The molecule has 14 heavy (non-hydrogen) atoms. The standard InChI is InChI=1S/C10H15NO3/c1-6(2)10-8(14-7(3)12)4-5-9(13)11-10/h8,10H,1,4-5H2,2-3H3,(H,11,13). The number of carbonyl (C=O) groups is 2. The van der Waals surface area contributed by atoms with Crippen LogP contribution in [0.1, 0.15) is 26.7 Å². The molecule has 0 aromatic rings. The molecular weight excluding hydrogens is 182 g/mol. The van der Waals surface area contributed by atoms with Crippen molar-refractivity contribution in [3.05, 3.63) is 12.2 Å². The highest BCUT2D eigenvalue weighted by molar-refractivity contribution is 5.78. The molecule has 1 aliphatic rings. The first-order chi connectivity index (χ1) is 6.50. The number of rotatable bonds is 2. The van der Waals surface area contributed by atoms with Crippen molar-refractivity contribution in [1.29, 1.82) is 0 Å². The fourth-order valence-electron chi connectivity index (χ4n) is 1.56. The Morgan fingerprint density at radius 1 is 1.57 bits per heavy atom. The lowest BCUT2D eigenvalue weighted by Gasteiger charge is -2.31. The fourth-order valence-corrected chi connectivity index (χ4v) is 1.56. The maximum atomic E-state index is 11.1. The van der Waals surface area contributed by atoms with E-state index in [1.807, 2.05) is 6.92 Å². The number of carbonyl (C=O) groups excluding carboxylic acids is 2. The molecule has 1 saturated heterocycles. The summed E-state index contributed by atoms with van der Waals surface area (Å²) in [4.78, 5) is 21.9. The van der Waals surface area contributed by atoms with Gasteiger partial charge in [-0.05, 0) is 13.3 Å². The van der Waals surface area contributed by atoms with Gasteiger partial charge in [0.2, 0.25) is 5.91 Å². The predicted molar refractivity (Wildman–Crippen MR) is 51.5 cm³/mol. The average molecular weight is 197 g/mol. The summed E-state index contributed by atoms with van der Waals surface area (Å²) in [5.41, 5.74) is 0.810. The quantitative estimate of drug-likeness (QED) is 0.525. The Hall–Kier alpha value is -1.32. The lowest BCUT2D eigenvalue weighted by molar-refractivity contribution is -0.150. The normalized spacial score (nSPS) is 26.6. The smallest absolute Gasteiger partial charge is 0.302 e. The number of hydrogen-bond acceptors (Lipinski definition) is 3. The van der Waals surface area contributed by atoms with Gasteiger partial charge in [-0.15, -0.1) is 0 Å². The van der Waals surface area contributed by atoms with E-state index in [-0.39, 0.29) is 24.0 Å². The van der Waals surface area contributed by atoms with E-state index >= 15 is 0 Å². The third-order valence-corrected chi connectivity index (χ3v) is 2.19. The van der Waals surface area contributed by atoms with Crippen LogP contribution in [0.4, 0.5) is 0 Å². The summed E-state index contributed by atoms with van der Waals surface area (Å²) in [6, 6.07) is -0.236. The van der Waals surface area contributed by atoms with E-state index in [4.69, 9.17) is 4.74 Å². The minimum absolute atomic E-state index is 0.0126. The molecule has 4 heteroatoms. The molecule has 0 aliphatic carbocycles. The minimum Gasteiger partial charge on any atom is -0.460 e. The van der Waals surface area contributed by atoms with E-state index in [0.717, 1.165) is 5.57 Å². The molecule has 1 N–H and O–H groups in total. The van der Waals surface area contributed by atoms with Crippen LogP contribution in [0.25, 0.3) is 0 Å². The van der Waals surface area contributed by atoms with Gasteiger partial charge in [0, 0.05) is 13.3 Å². The first-order valence-corrected chi connectivity index (χ1v) is 4.62. The number of esters is 1. The molecule has 1 heterocycles. The van der Waals surface area contributed by atoms with Crippen LogP contribution in [0.3, 0.4) is 0 Å². The second kappa shape index (κ2) is 4.26. The van der Waals surface area contributed by atoms with E-state index < -0.39 is 0 Å². The Kier molecular flexibility index (Phi) is 3.28. The van der Waals surface area contributed by atoms with Gasteiger partial charge in [0.1, 0.15) is 6.10 Å². The van der Waals surface area contributed by atoms with Crippen molar-refractivity contribution in [3.8, 4) is 0 Å². The molecule has 0 bridgehead atoms. The minimum atomic E-state index is -0.322. The van der Waals surface area contributed by atoms with Crippen molar-refractivity contribution in [2.45, 2.75) is 38.8 Å². The number of ether oxygens (including phenoxy) is 1. The first-order valence-electron chi connectivity index (χ1n) is 4.62. The zero-order valence-corrected chi connectivity index (χ0v) is 8.50. The Morgan fingerprint density at radius 3 is 2.71 bits per heavy atom. The highest BCUT2D eigenvalue weighted by Crippen LogP contribution is 2.18. The van der Waals surface area contributed by atoms with E-state index in [1.165, 1.54) is 6.92 Å². The molecule has 1 amide bonds. The zero-order chi connectivity index (χ0) is 10.7. The monoisotopic (exact) mass is 197 g/mol. The Bertz CT molecular complexity index is 273. The predicted octanol–water partition coefficient (Wildman–Crippen LogP) is 0.773. The number of nitrogens with one attached hydrogen (secondary N) is 1. The van der Waals surface area contributed by atoms with Gasteiger partial charge in [-0.1, -0.05) is 12.2 Å². The third kappa shape index (κ3) is 2.58. The van der Waals surface area contributed by atoms with E-state index in [1.54, 1.807) is 0 Å². The van der Waals surface area contributed by atoms with E-state index in [2.05, 4.69) is 11.9 Å². The number of amides is 1. The van der Waals surface area contributed by atoms with Gasteiger partial charge < -0.3 is 10.1 Å². The molecule has 1 fully saturated rings. The van der Waals surface area contributed by atoms with Crippen LogP contribution in [0.5, 0.6) is 0 Å². The van der Waals surface area contributed by atoms with E-state index in [9.17, 15) is 9.59 Å². The van der Waals surface area contributed by atoms with Crippen LogP contribution in [0, 0.1) is 0 Å². The second-order valence-electron chi connectivity index (χ2n) is 3.58. The van der Waals surface area contributed by atoms with Crippen molar-refractivity contribution in [2.75, 3.05) is 0 Å². The lowest BCUT2D eigenvalue weighted by Crippen LogP contribution is -2.50. The van der Waals surface area contributed by atoms with Gasteiger partial charge >= 0.3 is 5.97 Å². The average Bonchev–Trinajstić information content (AvgIpc) is 2.07. The lowest BCUT2D eigenvalue weighted by atomic mass is 9.96. The summed E-state index contributed by atoms with van der Waals surface area (Å²) in [5, 5.41) is 2.76. The Morgan fingerprint density at radius 2 is 2.21 bits per heavy atom. The van der Waals surface area contributed by atoms with Gasteiger partial charge in [-0.2, -0.15) is 0 Å². The second-order valence-corrected chi connectivity index (χ2v) is 3.58. The van der Waals surface area contributed by atoms with Gasteiger partial charge in [0.15, 0.2) is 0 Å². The largest absolute Gasteiger partial charge is 0.460 e. The zero-order valence-electron chi connectivity index (χ0n) is 8.50. The van der Waals surface area contributed by atoms with Crippen LogP contribution in [-0.2, 0) is 14.3 Å².